The number of rotatable bonds is 4. The molecule has 0 saturated carbocycles. The topological polar surface area (TPSA) is 104 Å². The van der Waals surface area contributed by atoms with Crippen molar-refractivity contribution in [3.8, 4) is 0 Å². The molecule has 1 unspecified atom stereocenters. The van der Waals surface area contributed by atoms with Gasteiger partial charge in [-0.05, 0) is 0 Å². The molecule has 1 radical (unpaired) electrons. The van der Waals surface area contributed by atoms with E-state index in [2.05, 4.69) is 0 Å². The minimum absolute atomic E-state index is 0. The summed E-state index contributed by atoms with van der Waals surface area (Å²) in [4.78, 5) is 30.7. The molecule has 0 aliphatic rings. The van der Waals surface area contributed by atoms with Gasteiger partial charge >= 0.3 is 11.9 Å². The van der Waals surface area contributed by atoms with Gasteiger partial charge in [-0.2, -0.15) is 0 Å². The summed E-state index contributed by atoms with van der Waals surface area (Å²) in [7, 11) is 0. The third kappa shape index (κ3) is 8.38. The Bertz CT molecular complexity index is 201. The second-order valence-corrected chi connectivity index (χ2v) is 2.19. The van der Waals surface area contributed by atoms with Crippen LogP contribution in [-0.4, -0.2) is 85.5 Å². The molecule has 1 atom stereocenters. The number of amides is 1. The molecule has 1 amide bonds. The van der Waals surface area contributed by atoms with Crippen molar-refractivity contribution < 1.29 is 24.6 Å². The van der Waals surface area contributed by atoms with E-state index in [1.807, 2.05) is 5.32 Å². The molecule has 69 valence electrons. The van der Waals surface area contributed by atoms with Crippen LogP contribution in [0.2, 0.25) is 0 Å². The molecular formula is C6H9KNO5. The van der Waals surface area contributed by atoms with E-state index >= 15 is 0 Å². The van der Waals surface area contributed by atoms with Crippen molar-refractivity contribution in [3.05, 3.63) is 0 Å². The maximum atomic E-state index is 10.4. The Morgan fingerprint density at radius 3 is 2.00 bits per heavy atom. The first-order valence-corrected chi connectivity index (χ1v) is 3.15. The average molecular weight is 214 g/mol. The molecule has 0 aliphatic carbocycles. The second kappa shape index (κ2) is 7.45. The minimum Gasteiger partial charge on any atom is -0.481 e. The molecule has 0 heterocycles. The van der Waals surface area contributed by atoms with Gasteiger partial charge in [0.25, 0.3) is 0 Å². The van der Waals surface area contributed by atoms with Gasteiger partial charge in [-0.3, -0.25) is 9.59 Å². The van der Waals surface area contributed by atoms with Crippen LogP contribution in [0.4, 0.5) is 0 Å². The number of aliphatic carboxylic acids is 2. The molecule has 0 fully saturated rings. The van der Waals surface area contributed by atoms with Crippen LogP contribution >= 0.6 is 0 Å². The van der Waals surface area contributed by atoms with Gasteiger partial charge in [-0.25, -0.2) is 4.79 Å². The van der Waals surface area contributed by atoms with Gasteiger partial charge in [0.15, 0.2) is 0 Å². The first-order valence-electron chi connectivity index (χ1n) is 3.15. The quantitative estimate of drug-likeness (QED) is 0.503. The summed E-state index contributed by atoms with van der Waals surface area (Å²) < 4.78 is 0. The molecular weight excluding hydrogens is 205 g/mol. The Balaban J connectivity index is 0. The Labute approximate surface area is 117 Å². The average Bonchev–Trinajstić information content (AvgIpc) is 1.83. The number of carbonyl (C=O) groups excluding carboxylic acids is 1. The summed E-state index contributed by atoms with van der Waals surface area (Å²) in [6.45, 7) is 1.12. The van der Waals surface area contributed by atoms with Crippen LogP contribution in [0.3, 0.4) is 0 Å². The molecule has 0 rings (SSSR count). The molecule has 0 saturated heterocycles. The summed E-state index contributed by atoms with van der Waals surface area (Å²) in [6, 6.07) is -1.35. The molecule has 7 heteroatoms. The van der Waals surface area contributed by atoms with Crippen LogP contribution in [-0.2, 0) is 14.4 Å². The second-order valence-electron chi connectivity index (χ2n) is 2.19. The summed E-state index contributed by atoms with van der Waals surface area (Å²) >= 11 is 0. The molecule has 13 heavy (non-hydrogen) atoms. The van der Waals surface area contributed by atoms with Crippen molar-refractivity contribution >= 4 is 69.2 Å². The van der Waals surface area contributed by atoms with Gasteiger partial charge in [0.05, 0.1) is 6.42 Å². The van der Waals surface area contributed by atoms with Gasteiger partial charge in [-0.15, -0.1) is 0 Å². The van der Waals surface area contributed by atoms with E-state index in [-0.39, 0.29) is 51.4 Å². The van der Waals surface area contributed by atoms with Crippen molar-refractivity contribution in [1.82, 2.24) is 5.32 Å². The zero-order valence-electron chi connectivity index (χ0n) is 7.40. The van der Waals surface area contributed by atoms with Crippen molar-refractivity contribution in [2.24, 2.45) is 0 Å². The molecule has 3 N–H and O–H groups in total. The van der Waals surface area contributed by atoms with Gasteiger partial charge < -0.3 is 15.5 Å². The van der Waals surface area contributed by atoms with Crippen molar-refractivity contribution in [2.45, 2.75) is 19.4 Å². The fourth-order valence-corrected chi connectivity index (χ4v) is 0.620. The fraction of sp³-hybridized carbons (Fsp3) is 0.500. The fourth-order valence-electron chi connectivity index (χ4n) is 0.620. The van der Waals surface area contributed by atoms with E-state index in [4.69, 9.17) is 10.2 Å². The molecule has 0 spiro atoms. The zero-order valence-corrected chi connectivity index (χ0v) is 10.5. The van der Waals surface area contributed by atoms with E-state index < -0.39 is 30.3 Å². The van der Waals surface area contributed by atoms with Gasteiger partial charge in [-0.1, -0.05) is 0 Å². The Hall–Kier alpha value is 0.0464. The van der Waals surface area contributed by atoms with Crippen LogP contribution in [0.5, 0.6) is 0 Å². The molecule has 0 aromatic carbocycles. The van der Waals surface area contributed by atoms with Crippen molar-refractivity contribution in [2.75, 3.05) is 0 Å². The number of carboxylic acids is 2. The molecule has 6 nitrogen and oxygen atoms in total. The van der Waals surface area contributed by atoms with Gasteiger partial charge in [0, 0.05) is 58.3 Å². The Morgan fingerprint density at radius 1 is 1.31 bits per heavy atom. The summed E-state index contributed by atoms with van der Waals surface area (Å²) in [5.41, 5.74) is 0. The number of carboxylic acid groups (broad SMARTS) is 2. The number of hydrogen-bond acceptors (Lipinski definition) is 3. The van der Waals surface area contributed by atoms with Gasteiger partial charge in [0.1, 0.15) is 6.04 Å². The smallest absolute Gasteiger partial charge is 0.326 e. The SMILES string of the molecule is CC(=O)NC(CC(=O)O)C(=O)O.[K]. The van der Waals surface area contributed by atoms with Crippen LogP contribution < -0.4 is 5.32 Å². The third-order valence-corrected chi connectivity index (χ3v) is 1.05. The number of carbonyl (C=O) groups is 3. The van der Waals surface area contributed by atoms with Crippen LogP contribution in [0.25, 0.3) is 0 Å². The van der Waals surface area contributed by atoms with Crippen LogP contribution in [0.15, 0.2) is 0 Å². The maximum Gasteiger partial charge on any atom is 0.326 e. The van der Waals surface area contributed by atoms with Crippen molar-refractivity contribution in [1.29, 1.82) is 0 Å². The normalized spacial score (nSPS) is 10.8. The minimum atomic E-state index is -1.35. The maximum absolute atomic E-state index is 10.4. The van der Waals surface area contributed by atoms with E-state index in [1.165, 1.54) is 0 Å². The van der Waals surface area contributed by atoms with E-state index in [1.54, 1.807) is 0 Å². The number of nitrogens with one attached hydrogen (secondary N) is 1. The monoisotopic (exact) mass is 214 g/mol. The van der Waals surface area contributed by atoms with Crippen molar-refractivity contribution in [3.63, 3.8) is 0 Å². The van der Waals surface area contributed by atoms with E-state index in [0.29, 0.717) is 0 Å². The van der Waals surface area contributed by atoms with Gasteiger partial charge in [0.2, 0.25) is 5.91 Å². The molecule has 0 bridgehead atoms. The Kier molecular flexibility index (Phi) is 8.89. The summed E-state index contributed by atoms with van der Waals surface area (Å²) in [5, 5.41) is 18.6. The standard InChI is InChI=1S/C6H9NO5.K/c1-3(8)7-4(6(11)12)2-5(9)10;/h4H,2H2,1H3,(H,7,8)(H,9,10)(H,11,12);. The van der Waals surface area contributed by atoms with E-state index in [9.17, 15) is 14.4 Å². The van der Waals surface area contributed by atoms with Crippen LogP contribution in [0.1, 0.15) is 13.3 Å². The molecule has 0 aromatic heterocycles. The van der Waals surface area contributed by atoms with E-state index in [0.717, 1.165) is 6.92 Å². The number of hydrogen-bond donors (Lipinski definition) is 3. The third-order valence-electron chi connectivity index (χ3n) is 1.05. The molecule has 0 aromatic rings. The first-order chi connectivity index (χ1) is 5.43. The summed E-state index contributed by atoms with van der Waals surface area (Å²) in [6.07, 6.45) is -0.616. The summed E-state index contributed by atoms with van der Waals surface area (Å²) in [5.74, 6) is -3.19. The van der Waals surface area contributed by atoms with Crippen LogP contribution in [0, 0.1) is 0 Å². The predicted octanol–water partition coefficient (Wildman–Crippen LogP) is -1.33. The predicted molar refractivity (Wildman–Crippen MR) is 43.2 cm³/mol. The zero-order chi connectivity index (χ0) is 9.72. The largest absolute Gasteiger partial charge is 0.481 e. The molecule has 0 aliphatic heterocycles. The Morgan fingerprint density at radius 2 is 1.77 bits per heavy atom. The first kappa shape index (κ1) is 15.5.